The standard InChI is InChI=1S/C32H33N2O6/c1-22-23(2)30(15-14-29(22)39-31(35)24-6-10-27(37-5)11-7-24)40-32(36)25-8-12-28(13-9-25)38-21-20-34-18-16-26(17-19-34)33(3)4/h6-19H,20-21H2,1-5H3/q+1. The zero-order chi connectivity index (χ0) is 28.6. The maximum Gasteiger partial charge on any atom is 0.343 e. The van der Waals surface area contributed by atoms with Gasteiger partial charge in [0.05, 0.1) is 18.2 Å². The van der Waals surface area contributed by atoms with Gasteiger partial charge in [-0.1, -0.05) is 0 Å². The van der Waals surface area contributed by atoms with Crippen molar-refractivity contribution in [2.75, 3.05) is 32.7 Å². The Hall–Kier alpha value is -4.85. The molecule has 8 heteroatoms. The predicted octanol–water partition coefficient (Wildman–Crippen LogP) is 5.18. The Morgan fingerprint density at radius 1 is 0.700 bits per heavy atom. The number of carbonyl (C=O) groups is 2. The number of methoxy groups -OCH3 is 1. The number of rotatable bonds is 10. The zero-order valence-electron chi connectivity index (χ0n) is 23.3. The molecule has 4 rings (SSSR count). The summed E-state index contributed by atoms with van der Waals surface area (Å²) in [7, 11) is 5.57. The van der Waals surface area contributed by atoms with Crippen LogP contribution in [0.3, 0.4) is 0 Å². The minimum Gasteiger partial charge on any atom is -0.497 e. The molecule has 0 amide bonds. The molecule has 206 valence electrons. The van der Waals surface area contributed by atoms with Crippen molar-refractivity contribution in [1.82, 2.24) is 0 Å². The number of esters is 2. The largest absolute Gasteiger partial charge is 0.497 e. The first-order valence-corrected chi connectivity index (χ1v) is 12.8. The predicted molar refractivity (Wildman–Crippen MR) is 152 cm³/mol. The Morgan fingerprint density at radius 3 is 1.62 bits per heavy atom. The van der Waals surface area contributed by atoms with Crippen molar-refractivity contribution < 1.29 is 33.1 Å². The van der Waals surface area contributed by atoms with Crippen LogP contribution in [0.5, 0.6) is 23.0 Å². The Morgan fingerprint density at radius 2 is 1.18 bits per heavy atom. The summed E-state index contributed by atoms with van der Waals surface area (Å²) in [6.45, 7) is 4.81. The molecule has 8 nitrogen and oxygen atoms in total. The molecule has 1 aromatic heterocycles. The molecule has 0 unspecified atom stereocenters. The van der Waals surface area contributed by atoms with E-state index < -0.39 is 11.9 Å². The second-order valence-corrected chi connectivity index (χ2v) is 9.38. The Labute approximate surface area is 234 Å². The summed E-state index contributed by atoms with van der Waals surface area (Å²) in [6.07, 6.45) is 4.03. The summed E-state index contributed by atoms with van der Waals surface area (Å²) in [6, 6.07) is 20.8. The van der Waals surface area contributed by atoms with Gasteiger partial charge in [-0.3, -0.25) is 0 Å². The highest BCUT2D eigenvalue weighted by atomic mass is 16.5. The fourth-order valence-electron chi connectivity index (χ4n) is 3.89. The van der Waals surface area contributed by atoms with Crippen LogP contribution in [0.1, 0.15) is 31.8 Å². The van der Waals surface area contributed by atoms with Gasteiger partial charge >= 0.3 is 11.9 Å². The normalized spacial score (nSPS) is 10.5. The van der Waals surface area contributed by atoms with Gasteiger partial charge in [0.25, 0.3) is 0 Å². The van der Waals surface area contributed by atoms with Gasteiger partial charge in [-0.05, 0) is 85.6 Å². The smallest absolute Gasteiger partial charge is 0.343 e. The van der Waals surface area contributed by atoms with Crippen LogP contribution in [-0.4, -0.2) is 39.8 Å². The molecular weight excluding hydrogens is 508 g/mol. The molecule has 0 atom stereocenters. The van der Waals surface area contributed by atoms with Crippen LogP contribution in [-0.2, 0) is 6.54 Å². The Bertz CT molecular complexity index is 1460. The van der Waals surface area contributed by atoms with E-state index in [9.17, 15) is 9.59 Å². The third-order valence-corrected chi connectivity index (χ3v) is 6.52. The van der Waals surface area contributed by atoms with E-state index >= 15 is 0 Å². The molecule has 0 fully saturated rings. The van der Waals surface area contributed by atoms with Crippen LogP contribution in [0.4, 0.5) is 5.69 Å². The number of nitrogens with zero attached hydrogens (tertiary/aromatic N) is 2. The van der Waals surface area contributed by atoms with Crippen LogP contribution < -0.4 is 28.4 Å². The average molecular weight is 542 g/mol. The molecule has 0 saturated heterocycles. The summed E-state index contributed by atoms with van der Waals surface area (Å²) in [5, 5.41) is 0. The highest BCUT2D eigenvalue weighted by Gasteiger charge is 2.17. The molecule has 1 heterocycles. The van der Waals surface area contributed by atoms with E-state index in [2.05, 4.69) is 0 Å². The van der Waals surface area contributed by atoms with Crippen molar-refractivity contribution in [3.63, 3.8) is 0 Å². The fourth-order valence-corrected chi connectivity index (χ4v) is 3.89. The Balaban J connectivity index is 1.32. The van der Waals surface area contributed by atoms with E-state index in [0.717, 1.165) is 5.69 Å². The minimum atomic E-state index is -0.492. The van der Waals surface area contributed by atoms with E-state index in [0.29, 0.717) is 58.4 Å². The third kappa shape index (κ3) is 6.96. The average Bonchev–Trinajstić information content (AvgIpc) is 2.97. The van der Waals surface area contributed by atoms with Crippen molar-refractivity contribution in [3.05, 3.63) is 107 Å². The summed E-state index contributed by atoms with van der Waals surface area (Å²) in [5.41, 5.74) is 3.33. The van der Waals surface area contributed by atoms with E-state index in [-0.39, 0.29) is 0 Å². The van der Waals surface area contributed by atoms with Crippen molar-refractivity contribution >= 4 is 17.6 Å². The first kappa shape index (κ1) is 28.2. The lowest BCUT2D eigenvalue weighted by molar-refractivity contribution is -0.697. The van der Waals surface area contributed by atoms with Gasteiger partial charge in [0.15, 0.2) is 18.9 Å². The second kappa shape index (κ2) is 12.8. The van der Waals surface area contributed by atoms with Crippen LogP contribution in [0.15, 0.2) is 85.2 Å². The fraction of sp³-hybridized carbons (Fsp3) is 0.219. The van der Waals surface area contributed by atoms with Gasteiger partial charge in [-0.15, -0.1) is 0 Å². The number of carbonyl (C=O) groups excluding carboxylic acids is 2. The monoisotopic (exact) mass is 541 g/mol. The Kier molecular flexibility index (Phi) is 9.01. The molecule has 0 spiro atoms. The summed E-state index contributed by atoms with van der Waals surface area (Å²) >= 11 is 0. The molecule has 4 aromatic rings. The number of pyridine rings is 1. The van der Waals surface area contributed by atoms with Gasteiger partial charge in [-0.25, -0.2) is 14.2 Å². The number of hydrogen-bond acceptors (Lipinski definition) is 7. The van der Waals surface area contributed by atoms with Crippen LogP contribution in [0, 0.1) is 13.8 Å². The summed E-state index contributed by atoms with van der Waals surface area (Å²) in [5.74, 6) is 1.12. The third-order valence-electron chi connectivity index (χ3n) is 6.52. The quantitative estimate of drug-likeness (QED) is 0.155. The first-order valence-electron chi connectivity index (χ1n) is 12.8. The van der Waals surface area contributed by atoms with Crippen molar-refractivity contribution in [3.8, 4) is 23.0 Å². The van der Waals surface area contributed by atoms with Gasteiger partial charge in [0, 0.05) is 31.9 Å². The number of hydrogen-bond donors (Lipinski definition) is 0. The highest BCUT2D eigenvalue weighted by molar-refractivity contribution is 5.92. The number of benzene rings is 3. The number of anilines is 1. The van der Waals surface area contributed by atoms with Crippen LogP contribution in [0.25, 0.3) is 0 Å². The van der Waals surface area contributed by atoms with Crippen molar-refractivity contribution in [2.45, 2.75) is 20.4 Å². The van der Waals surface area contributed by atoms with Crippen molar-refractivity contribution in [2.24, 2.45) is 0 Å². The van der Waals surface area contributed by atoms with Gasteiger partial charge in [-0.2, -0.15) is 0 Å². The molecular formula is C32H33N2O6+. The van der Waals surface area contributed by atoms with Gasteiger partial charge in [0.1, 0.15) is 29.6 Å². The number of ether oxygens (including phenoxy) is 4. The maximum atomic E-state index is 12.8. The van der Waals surface area contributed by atoms with Gasteiger partial charge < -0.3 is 23.8 Å². The van der Waals surface area contributed by atoms with E-state index in [4.69, 9.17) is 18.9 Å². The minimum absolute atomic E-state index is 0.393. The lowest BCUT2D eigenvalue weighted by Gasteiger charge is -2.14. The van der Waals surface area contributed by atoms with Crippen molar-refractivity contribution in [1.29, 1.82) is 0 Å². The lowest BCUT2D eigenvalue weighted by Crippen LogP contribution is -2.35. The lowest BCUT2D eigenvalue weighted by atomic mass is 10.1. The summed E-state index contributed by atoms with van der Waals surface area (Å²) in [4.78, 5) is 27.4. The zero-order valence-corrected chi connectivity index (χ0v) is 23.3. The molecule has 0 aliphatic carbocycles. The molecule has 40 heavy (non-hydrogen) atoms. The molecule has 0 bridgehead atoms. The van der Waals surface area contributed by atoms with E-state index in [1.165, 1.54) is 0 Å². The summed E-state index contributed by atoms with van der Waals surface area (Å²) < 4.78 is 24.2. The number of aromatic nitrogens is 1. The van der Waals surface area contributed by atoms with Crippen LogP contribution in [0.2, 0.25) is 0 Å². The highest BCUT2D eigenvalue weighted by Crippen LogP contribution is 2.30. The molecule has 0 radical (unpaired) electrons. The molecule has 0 saturated carbocycles. The van der Waals surface area contributed by atoms with E-state index in [1.807, 2.05) is 61.9 Å². The topological polar surface area (TPSA) is 78.2 Å². The molecule has 3 aromatic carbocycles. The maximum absolute atomic E-state index is 12.8. The molecule has 0 N–H and O–H groups in total. The second-order valence-electron chi connectivity index (χ2n) is 9.38. The molecule has 0 aliphatic heterocycles. The molecule has 0 aliphatic rings. The van der Waals surface area contributed by atoms with Crippen LogP contribution >= 0.6 is 0 Å². The van der Waals surface area contributed by atoms with Gasteiger partial charge in [0.2, 0.25) is 0 Å². The first-order chi connectivity index (χ1) is 19.2. The van der Waals surface area contributed by atoms with E-state index in [1.54, 1.807) is 67.8 Å². The SMILES string of the molecule is COc1ccc(C(=O)Oc2ccc(OC(=O)c3ccc(OCC[n+]4ccc(N(C)C)cc4)cc3)c(C)c2C)cc1.